The summed E-state index contributed by atoms with van der Waals surface area (Å²) in [6.07, 6.45) is 2.32. The molecule has 0 bridgehead atoms. The zero-order valence-electron chi connectivity index (χ0n) is 18.1. The van der Waals surface area contributed by atoms with E-state index in [9.17, 15) is 0 Å². The summed E-state index contributed by atoms with van der Waals surface area (Å²) in [5, 5.41) is 2.58. The van der Waals surface area contributed by atoms with Crippen molar-refractivity contribution in [2.24, 2.45) is 0 Å². The Bertz CT molecular complexity index is 1600. The molecule has 1 aliphatic rings. The van der Waals surface area contributed by atoms with E-state index in [-0.39, 0.29) is 0 Å². The molecule has 0 spiro atoms. The number of benzene rings is 5. The fourth-order valence-corrected chi connectivity index (χ4v) is 5.29. The lowest BCUT2D eigenvalue weighted by atomic mass is 10.0. The monoisotopic (exact) mass is 419 g/mol. The minimum Gasteiger partial charge on any atom is -0.309 e. The second-order valence-electron chi connectivity index (χ2n) is 8.61. The third-order valence-corrected chi connectivity index (χ3v) is 6.77. The standard InChI is InChI=1S/C32H21N/c1-3-11-26-24(9-1)25-10-2-4-12-27(25)30(26)21-22-17-19-23(20-18-22)33-31-15-7-5-13-28(31)29-14-6-8-16-32(29)33/h1-21H. The summed E-state index contributed by atoms with van der Waals surface area (Å²) in [7, 11) is 0. The van der Waals surface area contributed by atoms with E-state index < -0.39 is 0 Å². The number of hydrogen-bond acceptors (Lipinski definition) is 0. The molecular weight excluding hydrogens is 398 g/mol. The minimum absolute atomic E-state index is 1.18. The van der Waals surface area contributed by atoms with E-state index >= 15 is 0 Å². The molecule has 6 aromatic rings. The second kappa shape index (κ2) is 7.08. The zero-order valence-corrected chi connectivity index (χ0v) is 18.1. The molecule has 154 valence electrons. The van der Waals surface area contributed by atoms with Crippen LogP contribution in [0.25, 0.3) is 50.3 Å². The lowest BCUT2D eigenvalue weighted by Crippen LogP contribution is -1.93. The van der Waals surface area contributed by atoms with E-state index in [1.165, 1.54) is 60.9 Å². The number of fused-ring (bicyclic) bond motifs is 6. The van der Waals surface area contributed by atoms with Crippen molar-refractivity contribution in [1.82, 2.24) is 4.57 Å². The highest BCUT2D eigenvalue weighted by Crippen LogP contribution is 2.44. The van der Waals surface area contributed by atoms with Crippen LogP contribution in [0, 0.1) is 0 Å². The Hall–Kier alpha value is -4.36. The predicted molar refractivity (Wildman–Crippen MR) is 140 cm³/mol. The summed E-state index contributed by atoms with van der Waals surface area (Å²) in [5.41, 5.74) is 11.4. The van der Waals surface area contributed by atoms with Crippen molar-refractivity contribution in [3.05, 3.63) is 138 Å². The van der Waals surface area contributed by atoms with Crippen molar-refractivity contribution in [1.29, 1.82) is 0 Å². The SMILES string of the molecule is C(=C1c2ccccc2-c2ccccc21)c1ccc(-n2c3ccccc3c3ccccc32)cc1. The van der Waals surface area contributed by atoms with Gasteiger partial charge in [-0.3, -0.25) is 0 Å². The summed E-state index contributed by atoms with van der Waals surface area (Å²) in [6, 6.07) is 43.6. The molecule has 0 amide bonds. The Balaban J connectivity index is 1.37. The first-order chi connectivity index (χ1) is 16.4. The van der Waals surface area contributed by atoms with Gasteiger partial charge in [0.15, 0.2) is 0 Å². The van der Waals surface area contributed by atoms with Gasteiger partial charge in [-0.05, 0) is 63.7 Å². The third kappa shape index (κ3) is 2.73. The van der Waals surface area contributed by atoms with Crippen LogP contribution in [0.4, 0.5) is 0 Å². The summed E-state index contributed by atoms with van der Waals surface area (Å²) in [4.78, 5) is 0. The first kappa shape index (κ1) is 18.2. The van der Waals surface area contributed by atoms with Crippen molar-refractivity contribution in [3.63, 3.8) is 0 Å². The quantitative estimate of drug-likeness (QED) is 0.265. The Morgan fingerprint density at radius 1 is 0.424 bits per heavy atom. The average Bonchev–Trinajstić information content (AvgIpc) is 3.38. The number of rotatable bonds is 2. The third-order valence-electron chi connectivity index (χ3n) is 6.77. The van der Waals surface area contributed by atoms with Gasteiger partial charge in [0.05, 0.1) is 11.0 Å². The van der Waals surface area contributed by atoms with E-state index in [2.05, 4.69) is 132 Å². The minimum atomic E-state index is 1.18. The molecule has 0 saturated heterocycles. The van der Waals surface area contributed by atoms with Gasteiger partial charge in [-0.15, -0.1) is 0 Å². The van der Waals surface area contributed by atoms with Crippen LogP contribution in [-0.4, -0.2) is 4.57 Å². The van der Waals surface area contributed by atoms with Crippen molar-refractivity contribution < 1.29 is 0 Å². The zero-order chi connectivity index (χ0) is 21.8. The van der Waals surface area contributed by atoms with Crippen molar-refractivity contribution >= 4 is 33.5 Å². The molecule has 0 N–H and O–H groups in total. The maximum absolute atomic E-state index is 2.36. The van der Waals surface area contributed by atoms with E-state index in [4.69, 9.17) is 0 Å². The molecule has 33 heavy (non-hydrogen) atoms. The van der Waals surface area contributed by atoms with Crippen LogP contribution in [0.1, 0.15) is 16.7 Å². The molecule has 0 saturated carbocycles. The molecule has 0 fully saturated rings. The highest BCUT2D eigenvalue weighted by molar-refractivity contribution is 6.09. The van der Waals surface area contributed by atoms with Gasteiger partial charge in [0.1, 0.15) is 0 Å². The van der Waals surface area contributed by atoms with E-state index in [1.807, 2.05) is 0 Å². The molecule has 5 aromatic carbocycles. The first-order valence-electron chi connectivity index (χ1n) is 11.4. The summed E-state index contributed by atoms with van der Waals surface area (Å²) in [6.45, 7) is 0. The van der Waals surface area contributed by atoms with E-state index in [0.717, 1.165) is 0 Å². The van der Waals surface area contributed by atoms with Gasteiger partial charge in [-0.1, -0.05) is 97.1 Å². The number of aromatic nitrogens is 1. The highest BCUT2D eigenvalue weighted by Gasteiger charge is 2.22. The van der Waals surface area contributed by atoms with Crippen molar-refractivity contribution in [2.45, 2.75) is 0 Å². The number of nitrogens with zero attached hydrogens (tertiary/aromatic N) is 1. The Kier molecular flexibility index (Phi) is 3.91. The van der Waals surface area contributed by atoms with E-state index in [0.29, 0.717) is 0 Å². The van der Waals surface area contributed by atoms with Gasteiger partial charge in [0.25, 0.3) is 0 Å². The number of hydrogen-bond donors (Lipinski definition) is 0. The van der Waals surface area contributed by atoms with Crippen molar-refractivity contribution in [2.75, 3.05) is 0 Å². The number of para-hydroxylation sites is 2. The summed E-state index contributed by atoms with van der Waals surface area (Å²) >= 11 is 0. The summed E-state index contributed by atoms with van der Waals surface area (Å²) in [5.74, 6) is 0. The van der Waals surface area contributed by atoms with Gasteiger partial charge in [0.2, 0.25) is 0 Å². The molecule has 1 heteroatoms. The largest absolute Gasteiger partial charge is 0.309 e. The Labute approximate surface area is 192 Å². The molecule has 0 aliphatic heterocycles. The molecule has 1 aliphatic carbocycles. The van der Waals surface area contributed by atoms with Crippen LogP contribution in [-0.2, 0) is 0 Å². The maximum Gasteiger partial charge on any atom is 0.0541 e. The van der Waals surface area contributed by atoms with Crippen LogP contribution < -0.4 is 0 Å². The van der Waals surface area contributed by atoms with Crippen LogP contribution in [0.2, 0.25) is 0 Å². The van der Waals surface area contributed by atoms with Gasteiger partial charge in [-0.2, -0.15) is 0 Å². The average molecular weight is 420 g/mol. The molecule has 0 radical (unpaired) electrons. The molecule has 7 rings (SSSR count). The molecule has 0 unspecified atom stereocenters. The van der Waals surface area contributed by atoms with Crippen LogP contribution in [0.3, 0.4) is 0 Å². The Morgan fingerprint density at radius 2 is 0.879 bits per heavy atom. The predicted octanol–water partition coefficient (Wildman–Crippen LogP) is 8.35. The second-order valence-corrected chi connectivity index (χ2v) is 8.61. The Morgan fingerprint density at radius 3 is 1.42 bits per heavy atom. The summed E-state index contributed by atoms with van der Waals surface area (Å²) < 4.78 is 2.36. The van der Waals surface area contributed by atoms with Crippen LogP contribution >= 0.6 is 0 Å². The fraction of sp³-hybridized carbons (Fsp3) is 0. The fourth-order valence-electron chi connectivity index (χ4n) is 5.29. The van der Waals surface area contributed by atoms with Crippen LogP contribution in [0.5, 0.6) is 0 Å². The lowest BCUT2D eigenvalue weighted by Gasteiger charge is -2.09. The van der Waals surface area contributed by atoms with Gasteiger partial charge >= 0.3 is 0 Å². The van der Waals surface area contributed by atoms with Gasteiger partial charge in [-0.25, -0.2) is 0 Å². The smallest absolute Gasteiger partial charge is 0.0541 e. The molecule has 1 nitrogen and oxygen atoms in total. The molecule has 0 atom stereocenters. The highest BCUT2D eigenvalue weighted by atomic mass is 15.0. The van der Waals surface area contributed by atoms with Gasteiger partial charge in [0, 0.05) is 16.5 Å². The lowest BCUT2D eigenvalue weighted by molar-refractivity contribution is 1.18. The normalized spacial score (nSPS) is 12.2. The maximum atomic E-state index is 2.36. The van der Waals surface area contributed by atoms with Gasteiger partial charge < -0.3 is 4.57 Å². The molecular formula is C32H21N. The van der Waals surface area contributed by atoms with E-state index in [1.54, 1.807) is 0 Å². The van der Waals surface area contributed by atoms with Crippen molar-refractivity contribution in [3.8, 4) is 16.8 Å². The first-order valence-corrected chi connectivity index (χ1v) is 11.4. The van der Waals surface area contributed by atoms with Crippen LogP contribution in [0.15, 0.2) is 121 Å². The molecule has 1 heterocycles. The molecule has 1 aromatic heterocycles. The topological polar surface area (TPSA) is 4.93 Å².